The normalized spacial score (nSPS) is 12.8. The lowest BCUT2D eigenvalue weighted by atomic mass is 10.0. The maximum absolute atomic E-state index is 12.8. The number of allylic oxidation sites excluding steroid dienone is 16. The minimum absolute atomic E-state index is 0.111. The number of rotatable bonds is 51. The Bertz CT molecular complexity index is 1380. The summed E-state index contributed by atoms with van der Waals surface area (Å²) in [5.41, 5.74) is 0. The lowest BCUT2D eigenvalue weighted by Gasteiger charge is -2.18. The van der Waals surface area contributed by atoms with E-state index < -0.39 is 12.1 Å². The lowest BCUT2D eigenvalue weighted by Crippen LogP contribution is -2.30. The highest BCUT2D eigenvalue weighted by Gasteiger charge is 2.19. The monoisotopic (exact) mass is 959 g/mol. The van der Waals surface area contributed by atoms with Crippen LogP contribution in [-0.4, -0.2) is 37.2 Å². The fraction of sp³-hybridized carbons (Fsp3) is 0.698. The van der Waals surface area contributed by atoms with Crippen molar-refractivity contribution >= 4 is 17.9 Å². The van der Waals surface area contributed by atoms with Crippen LogP contribution in [0, 0.1) is 0 Å². The fourth-order valence-corrected chi connectivity index (χ4v) is 7.74. The molecular formula is C63H106O6. The quantitative estimate of drug-likeness (QED) is 0.0262. The Morgan fingerprint density at radius 1 is 0.304 bits per heavy atom. The molecule has 0 heterocycles. The van der Waals surface area contributed by atoms with Gasteiger partial charge in [0.25, 0.3) is 0 Å². The minimum atomic E-state index is -0.822. The molecule has 6 heteroatoms. The number of ether oxygens (including phenoxy) is 3. The predicted molar refractivity (Wildman–Crippen MR) is 297 cm³/mol. The Morgan fingerprint density at radius 2 is 0.609 bits per heavy atom. The molecule has 0 aliphatic heterocycles. The standard InChI is InChI=1S/C63H106O6/c1-4-7-10-13-16-19-22-24-26-28-30-31-33-34-36-38-41-44-47-50-53-56-62(65)68-59-60(58-67-61(64)55-52-49-46-43-40-21-18-15-12-9-6-3)69-63(66)57-54-51-48-45-42-39-37-35-32-29-27-25-23-20-17-14-11-8-5-2/h8,11,15,17-18,20,24-27,32,35,39,42,48,51,60H,4-7,9-10,12-14,16,19,21-23,28-31,33-34,36-38,40-41,43-47,49-50,52-59H2,1-3H3/b11-8-,18-15-,20-17-,26-24-,27-25-,35-32-,42-39-,51-48-/t60-/m0/s1. The summed E-state index contributed by atoms with van der Waals surface area (Å²) in [5, 5.41) is 0. The maximum Gasteiger partial charge on any atom is 0.306 e. The van der Waals surface area contributed by atoms with Gasteiger partial charge in [-0.25, -0.2) is 0 Å². The SMILES string of the molecule is CC/C=C\C/C=C\C/C=C\C/C=C\C/C=C\C/C=C\CCC(=O)O[C@@H](COC(=O)CCCCCCC/C=C\CCCC)COC(=O)CCCCCCCCCCCCC/C=C\CCCCCCCC. The van der Waals surface area contributed by atoms with Crippen LogP contribution in [0.4, 0.5) is 0 Å². The van der Waals surface area contributed by atoms with Gasteiger partial charge in [-0.15, -0.1) is 0 Å². The van der Waals surface area contributed by atoms with Crippen molar-refractivity contribution in [1.29, 1.82) is 0 Å². The summed E-state index contributed by atoms with van der Waals surface area (Å²) in [7, 11) is 0. The van der Waals surface area contributed by atoms with Crippen LogP contribution < -0.4 is 0 Å². The lowest BCUT2D eigenvalue weighted by molar-refractivity contribution is -0.166. The number of unbranched alkanes of at least 4 members (excludes halogenated alkanes) is 24. The topological polar surface area (TPSA) is 78.9 Å². The molecule has 0 aromatic rings. The largest absolute Gasteiger partial charge is 0.462 e. The molecule has 0 aliphatic rings. The molecular weight excluding hydrogens is 853 g/mol. The summed E-state index contributed by atoms with van der Waals surface area (Å²) < 4.78 is 16.8. The van der Waals surface area contributed by atoms with Crippen LogP contribution >= 0.6 is 0 Å². The third kappa shape index (κ3) is 55.1. The number of carbonyl (C=O) groups excluding carboxylic acids is 3. The van der Waals surface area contributed by atoms with Gasteiger partial charge < -0.3 is 14.2 Å². The van der Waals surface area contributed by atoms with Crippen molar-refractivity contribution in [3.05, 3.63) is 97.2 Å². The Hall–Kier alpha value is -3.67. The summed E-state index contributed by atoms with van der Waals surface area (Å²) in [5.74, 6) is -1.00. The second-order valence-electron chi connectivity index (χ2n) is 18.8. The average Bonchev–Trinajstić information content (AvgIpc) is 3.35. The smallest absolute Gasteiger partial charge is 0.306 e. The highest BCUT2D eigenvalue weighted by Crippen LogP contribution is 2.15. The van der Waals surface area contributed by atoms with Crippen LogP contribution in [0.25, 0.3) is 0 Å². The summed E-state index contributed by atoms with van der Waals surface area (Å²) >= 11 is 0. The van der Waals surface area contributed by atoms with Crippen molar-refractivity contribution in [3.63, 3.8) is 0 Å². The van der Waals surface area contributed by atoms with Gasteiger partial charge in [0.05, 0.1) is 0 Å². The Morgan fingerprint density at radius 3 is 0.986 bits per heavy atom. The van der Waals surface area contributed by atoms with Crippen LogP contribution in [0.1, 0.15) is 265 Å². The van der Waals surface area contributed by atoms with Crippen molar-refractivity contribution in [2.24, 2.45) is 0 Å². The molecule has 0 rings (SSSR count). The molecule has 0 aromatic heterocycles. The molecule has 0 fully saturated rings. The average molecular weight is 960 g/mol. The van der Waals surface area contributed by atoms with Crippen molar-refractivity contribution in [2.45, 2.75) is 271 Å². The molecule has 0 N–H and O–H groups in total. The van der Waals surface area contributed by atoms with Crippen molar-refractivity contribution < 1.29 is 28.6 Å². The molecule has 1 atom stereocenters. The zero-order chi connectivity index (χ0) is 50.0. The zero-order valence-corrected chi connectivity index (χ0v) is 45.0. The number of hydrogen-bond donors (Lipinski definition) is 0. The van der Waals surface area contributed by atoms with E-state index in [4.69, 9.17) is 14.2 Å². The van der Waals surface area contributed by atoms with Gasteiger partial charge in [0.1, 0.15) is 13.2 Å². The molecule has 0 saturated heterocycles. The van der Waals surface area contributed by atoms with E-state index in [0.717, 1.165) is 89.9 Å². The Balaban J connectivity index is 4.43. The maximum atomic E-state index is 12.8. The van der Waals surface area contributed by atoms with Gasteiger partial charge in [0, 0.05) is 19.3 Å². The van der Waals surface area contributed by atoms with E-state index in [-0.39, 0.29) is 31.6 Å². The fourth-order valence-electron chi connectivity index (χ4n) is 7.74. The third-order valence-electron chi connectivity index (χ3n) is 12.1. The van der Waals surface area contributed by atoms with E-state index in [1.807, 2.05) is 12.2 Å². The first-order chi connectivity index (χ1) is 34.0. The van der Waals surface area contributed by atoms with E-state index >= 15 is 0 Å². The first kappa shape index (κ1) is 65.3. The molecule has 0 saturated carbocycles. The highest BCUT2D eigenvalue weighted by atomic mass is 16.6. The van der Waals surface area contributed by atoms with Crippen LogP contribution in [0.2, 0.25) is 0 Å². The van der Waals surface area contributed by atoms with E-state index in [1.165, 1.54) is 128 Å². The van der Waals surface area contributed by atoms with E-state index in [9.17, 15) is 14.4 Å². The van der Waals surface area contributed by atoms with Crippen molar-refractivity contribution in [3.8, 4) is 0 Å². The van der Waals surface area contributed by atoms with Crippen LogP contribution in [0.3, 0.4) is 0 Å². The Labute approximate surface area is 426 Å². The van der Waals surface area contributed by atoms with Crippen LogP contribution in [0.5, 0.6) is 0 Å². The van der Waals surface area contributed by atoms with Gasteiger partial charge in [0.15, 0.2) is 6.10 Å². The molecule has 0 aliphatic carbocycles. The van der Waals surface area contributed by atoms with Crippen molar-refractivity contribution in [2.75, 3.05) is 13.2 Å². The molecule has 6 nitrogen and oxygen atoms in total. The van der Waals surface area contributed by atoms with Gasteiger partial charge in [-0.2, -0.15) is 0 Å². The zero-order valence-electron chi connectivity index (χ0n) is 45.0. The number of hydrogen-bond acceptors (Lipinski definition) is 6. The highest BCUT2D eigenvalue weighted by molar-refractivity contribution is 5.71. The van der Waals surface area contributed by atoms with E-state index in [1.54, 1.807) is 0 Å². The predicted octanol–water partition coefficient (Wildman–Crippen LogP) is 19.3. The molecule has 0 unspecified atom stereocenters. The number of carbonyl (C=O) groups is 3. The summed E-state index contributed by atoms with van der Waals surface area (Å²) in [6, 6.07) is 0. The molecule has 0 aromatic carbocycles. The second-order valence-corrected chi connectivity index (χ2v) is 18.8. The molecule has 0 bridgehead atoms. The van der Waals surface area contributed by atoms with Crippen molar-refractivity contribution in [1.82, 2.24) is 0 Å². The first-order valence-corrected chi connectivity index (χ1v) is 28.7. The summed E-state index contributed by atoms with van der Waals surface area (Å²) in [6.45, 7) is 6.42. The number of esters is 3. The van der Waals surface area contributed by atoms with Gasteiger partial charge in [-0.3, -0.25) is 14.4 Å². The minimum Gasteiger partial charge on any atom is -0.462 e. The third-order valence-corrected chi connectivity index (χ3v) is 12.1. The van der Waals surface area contributed by atoms with Gasteiger partial charge in [0.2, 0.25) is 0 Å². The second kappa shape index (κ2) is 56.9. The van der Waals surface area contributed by atoms with Crippen LogP contribution in [-0.2, 0) is 28.6 Å². The first-order valence-electron chi connectivity index (χ1n) is 28.7. The molecule has 69 heavy (non-hydrogen) atoms. The van der Waals surface area contributed by atoms with Gasteiger partial charge >= 0.3 is 17.9 Å². The van der Waals surface area contributed by atoms with Crippen LogP contribution in [0.15, 0.2) is 97.2 Å². The van der Waals surface area contributed by atoms with E-state index in [2.05, 4.69) is 106 Å². The summed E-state index contributed by atoms with van der Waals surface area (Å²) in [6.07, 6.45) is 75.6. The molecule has 0 radical (unpaired) electrons. The van der Waals surface area contributed by atoms with E-state index in [0.29, 0.717) is 19.3 Å². The molecule has 0 amide bonds. The molecule has 394 valence electrons. The van der Waals surface area contributed by atoms with Gasteiger partial charge in [-0.1, -0.05) is 240 Å². The molecule has 0 spiro atoms. The van der Waals surface area contributed by atoms with Gasteiger partial charge in [-0.05, 0) is 103 Å². The Kier molecular flexibility index (Phi) is 53.9. The summed E-state index contributed by atoms with van der Waals surface area (Å²) in [4.78, 5) is 38.1.